The maximum atomic E-state index is 13.8. The van der Waals surface area contributed by atoms with Crippen LogP contribution in [0.15, 0.2) is 29.3 Å². The van der Waals surface area contributed by atoms with Crippen molar-refractivity contribution in [3.8, 4) is 0 Å². The minimum absolute atomic E-state index is 0.279. The molecule has 0 spiro atoms. The van der Waals surface area contributed by atoms with Crippen LogP contribution in [0, 0.1) is 24.9 Å². The summed E-state index contributed by atoms with van der Waals surface area (Å²) in [5.74, 6) is -0.717. The first-order valence-corrected chi connectivity index (χ1v) is 9.70. The number of nitrogens with one attached hydrogen (secondary N) is 1. The summed E-state index contributed by atoms with van der Waals surface area (Å²) in [6, 6.07) is 2.87. The van der Waals surface area contributed by atoms with Crippen molar-refractivity contribution in [1.29, 1.82) is 0 Å². The van der Waals surface area contributed by atoms with E-state index in [9.17, 15) is 14.4 Å². The van der Waals surface area contributed by atoms with Crippen LogP contribution in [-0.2, 0) is 19.3 Å². The number of aryl methyl sites for hydroxylation is 2. The Morgan fingerprint density at radius 3 is 2.30 bits per heavy atom. The Balaban J connectivity index is 2.59. The van der Waals surface area contributed by atoms with Gasteiger partial charge in [-0.25, -0.2) is 4.39 Å². The summed E-state index contributed by atoms with van der Waals surface area (Å²) in [4.78, 5) is 13.1. The van der Waals surface area contributed by atoms with E-state index in [1.807, 2.05) is 13.8 Å². The van der Waals surface area contributed by atoms with Gasteiger partial charge in [0.25, 0.3) is 5.91 Å². The summed E-state index contributed by atoms with van der Waals surface area (Å²) in [5.41, 5.74) is 3.90. The summed E-state index contributed by atoms with van der Waals surface area (Å²) >= 11 is 3.49. The molecule has 144 valence electrons. The lowest BCUT2D eigenvalue weighted by molar-refractivity contribution is -0.619. The molecule has 1 amide bonds. The molecular formula is C21H24BrFN2O2. The van der Waals surface area contributed by atoms with Crippen LogP contribution in [-0.4, -0.2) is 5.91 Å². The van der Waals surface area contributed by atoms with Gasteiger partial charge in [0.2, 0.25) is 5.69 Å². The van der Waals surface area contributed by atoms with E-state index < -0.39 is 5.91 Å². The maximum absolute atomic E-state index is 13.8. The highest BCUT2D eigenvalue weighted by Crippen LogP contribution is 2.29. The van der Waals surface area contributed by atoms with E-state index in [2.05, 4.69) is 27.8 Å². The molecule has 6 heteroatoms. The van der Waals surface area contributed by atoms with Crippen LogP contribution in [0.4, 0.5) is 10.1 Å². The highest BCUT2D eigenvalue weighted by Gasteiger charge is 2.27. The quantitative estimate of drug-likeness (QED) is 0.397. The number of hydrogen-bond acceptors (Lipinski definition) is 2. The number of nitrogens with zero attached hydrogens (tertiary/aromatic N) is 1. The Bertz CT molecular complexity index is 885. The average molecular weight is 435 g/mol. The standard InChI is InChI=1S/C21H24BrFN2O2/c1-6-9-17-12(4)25(27)13(5)18(19(17)22)21(26)24-20-14(7-2)10-16(23)11-15(20)8-3/h6,10-11H,1,7-9H2,2-5H3,(H,24,26). The fourth-order valence-corrected chi connectivity index (χ4v) is 4.12. The molecule has 0 atom stereocenters. The molecule has 0 aliphatic carbocycles. The van der Waals surface area contributed by atoms with Crippen molar-refractivity contribution in [2.75, 3.05) is 5.32 Å². The van der Waals surface area contributed by atoms with Crippen molar-refractivity contribution >= 4 is 27.5 Å². The summed E-state index contributed by atoms with van der Waals surface area (Å²) in [5, 5.41) is 15.4. The Hall–Kier alpha value is -2.21. The molecule has 0 saturated heterocycles. The number of benzene rings is 1. The molecule has 1 aromatic heterocycles. The molecule has 2 aromatic rings. The van der Waals surface area contributed by atoms with Gasteiger partial charge in [0.05, 0.1) is 0 Å². The molecule has 0 saturated carbocycles. The summed E-state index contributed by atoms with van der Waals surface area (Å²) < 4.78 is 15.2. The second-order valence-electron chi connectivity index (χ2n) is 6.39. The molecule has 0 aliphatic rings. The van der Waals surface area contributed by atoms with E-state index in [-0.39, 0.29) is 11.4 Å². The number of pyridine rings is 1. The summed E-state index contributed by atoms with van der Waals surface area (Å²) in [6.45, 7) is 10.9. The highest BCUT2D eigenvalue weighted by atomic mass is 79.9. The SMILES string of the molecule is C=CCc1c(Br)c(C(=O)Nc2c(CC)cc(F)cc2CC)c(C)[n+]([O-])c1C. The van der Waals surface area contributed by atoms with Crippen molar-refractivity contribution in [2.24, 2.45) is 0 Å². The van der Waals surface area contributed by atoms with Crippen LogP contribution < -0.4 is 10.0 Å². The zero-order valence-electron chi connectivity index (χ0n) is 16.1. The molecule has 0 fully saturated rings. The third kappa shape index (κ3) is 4.05. The Labute approximate surface area is 167 Å². The lowest BCUT2D eigenvalue weighted by Crippen LogP contribution is -2.38. The van der Waals surface area contributed by atoms with E-state index in [1.165, 1.54) is 12.1 Å². The van der Waals surface area contributed by atoms with Gasteiger partial charge >= 0.3 is 0 Å². The number of halogens is 2. The number of aromatic nitrogens is 1. The number of amides is 1. The van der Waals surface area contributed by atoms with Crippen LogP contribution >= 0.6 is 15.9 Å². The maximum Gasteiger partial charge on any atom is 0.263 e. The highest BCUT2D eigenvalue weighted by molar-refractivity contribution is 9.10. The fraction of sp³-hybridized carbons (Fsp3) is 0.333. The van der Waals surface area contributed by atoms with Crippen LogP contribution in [0.3, 0.4) is 0 Å². The van der Waals surface area contributed by atoms with Crippen LogP contribution in [0.25, 0.3) is 0 Å². The van der Waals surface area contributed by atoms with Gasteiger partial charge in [0.15, 0.2) is 5.69 Å². The molecule has 1 aromatic carbocycles. The number of carbonyl (C=O) groups is 1. The number of hydrogen-bond donors (Lipinski definition) is 1. The summed E-state index contributed by atoms with van der Waals surface area (Å²) in [6.07, 6.45) is 3.32. The van der Waals surface area contributed by atoms with E-state index in [0.29, 0.717) is 40.8 Å². The Kier molecular flexibility index (Phi) is 6.76. The predicted molar refractivity (Wildman–Crippen MR) is 110 cm³/mol. The normalized spacial score (nSPS) is 10.7. The Morgan fingerprint density at radius 2 is 1.81 bits per heavy atom. The van der Waals surface area contributed by atoms with Crippen molar-refractivity contribution in [2.45, 2.75) is 47.0 Å². The molecule has 2 rings (SSSR count). The van der Waals surface area contributed by atoms with Crippen molar-refractivity contribution in [3.63, 3.8) is 0 Å². The zero-order chi connectivity index (χ0) is 20.3. The number of carbonyl (C=O) groups excluding carboxylic acids is 1. The van der Waals surface area contributed by atoms with Gasteiger partial charge in [-0.2, -0.15) is 4.73 Å². The smallest absolute Gasteiger partial charge is 0.263 e. The Morgan fingerprint density at radius 1 is 1.26 bits per heavy atom. The first-order valence-electron chi connectivity index (χ1n) is 8.91. The first-order chi connectivity index (χ1) is 12.8. The lowest BCUT2D eigenvalue weighted by Gasteiger charge is -2.18. The van der Waals surface area contributed by atoms with Crippen LogP contribution in [0.2, 0.25) is 0 Å². The van der Waals surface area contributed by atoms with Crippen LogP contribution in [0.5, 0.6) is 0 Å². The van der Waals surface area contributed by atoms with E-state index in [4.69, 9.17) is 0 Å². The topological polar surface area (TPSA) is 56.0 Å². The zero-order valence-corrected chi connectivity index (χ0v) is 17.7. The molecule has 0 unspecified atom stereocenters. The number of rotatable bonds is 6. The molecule has 27 heavy (non-hydrogen) atoms. The van der Waals surface area contributed by atoms with Gasteiger partial charge in [-0.15, -0.1) is 6.58 Å². The molecule has 0 radical (unpaired) electrons. The van der Waals surface area contributed by atoms with Gasteiger partial charge in [-0.1, -0.05) is 19.9 Å². The van der Waals surface area contributed by atoms with Gasteiger partial charge < -0.3 is 10.5 Å². The van der Waals surface area contributed by atoms with Gasteiger partial charge in [-0.05, 0) is 58.5 Å². The van der Waals surface area contributed by atoms with E-state index in [1.54, 1.807) is 19.9 Å². The largest absolute Gasteiger partial charge is 0.618 e. The first kappa shape index (κ1) is 21.1. The van der Waals surface area contributed by atoms with Crippen LogP contribution in [0.1, 0.15) is 52.3 Å². The van der Waals surface area contributed by atoms with E-state index >= 15 is 0 Å². The molecular weight excluding hydrogens is 411 g/mol. The number of allylic oxidation sites excluding steroid dienone is 1. The monoisotopic (exact) mass is 434 g/mol. The van der Waals surface area contributed by atoms with Gasteiger partial charge in [0.1, 0.15) is 11.4 Å². The predicted octanol–water partition coefficient (Wildman–Crippen LogP) is 4.94. The van der Waals surface area contributed by atoms with Crippen molar-refractivity contribution in [1.82, 2.24) is 0 Å². The van der Waals surface area contributed by atoms with Gasteiger partial charge in [0, 0.05) is 29.6 Å². The molecule has 1 heterocycles. The third-order valence-electron chi connectivity index (χ3n) is 4.73. The second kappa shape index (κ2) is 8.65. The summed E-state index contributed by atoms with van der Waals surface area (Å²) in [7, 11) is 0. The molecule has 0 aliphatic heterocycles. The van der Waals surface area contributed by atoms with Gasteiger partial charge in [-0.3, -0.25) is 4.79 Å². The average Bonchev–Trinajstić information content (AvgIpc) is 2.64. The van der Waals surface area contributed by atoms with Crippen molar-refractivity contribution in [3.05, 3.63) is 73.9 Å². The third-order valence-corrected chi connectivity index (χ3v) is 5.61. The minimum atomic E-state index is -0.398. The van der Waals surface area contributed by atoms with E-state index in [0.717, 1.165) is 21.4 Å². The molecule has 0 bridgehead atoms. The number of anilines is 1. The van der Waals surface area contributed by atoms with Crippen molar-refractivity contribution < 1.29 is 13.9 Å². The lowest BCUT2D eigenvalue weighted by atomic mass is 10.0. The molecule has 4 nitrogen and oxygen atoms in total. The minimum Gasteiger partial charge on any atom is -0.618 e. The second-order valence-corrected chi connectivity index (χ2v) is 7.18. The fourth-order valence-electron chi connectivity index (χ4n) is 3.21. The molecule has 1 N–H and O–H groups in total.